The van der Waals surface area contributed by atoms with E-state index >= 15 is 0 Å². The molecule has 1 aliphatic heterocycles. The van der Waals surface area contributed by atoms with Gasteiger partial charge in [-0.25, -0.2) is 0 Å². The Morgan fingerprint density at radius 2 is 1.61 bits per heavy atom. The topological polar surface area (TPSA) is 172 Å². The fourth-order valence-corrected chi connectivity index (χ4v) is 5.06. The monoisotopic (exact) mass is 616 g/mol. The maximum absolute atomic E-state index is 14.1. The van der Waals surface area contributed by atoms with E-state index in [1.807, 2.05) is 4.90 Å². The van der Waals surface area contributed by atoms with Gasteiger partial charge in [0.15, 0.2) is 0 Å². The Morgan fingerprint density at radius 3 is 2.25 bits per heavy atom. The molecule has 1 aliphatic rings. The summed E-state index contributed by atoms with van der Waals surface area (Å²) in [7, 11) is 0. The summed E-state index contributed by atoms with van der Waals surface area (Å²) in [5, 5.41) is 36.6. The van der Waals surface area contributed by atoms with Crippen LogP contribution in [0, 0.1) is 0 Å². The van der Waals surface area contributed by atoms with Gasteiger partial charge in [-0.15, -0.1) is 0 Å². The van der Waals surface area contributed by atoms with E-state index in [-0.39, 0.29) is 36.6 Å². The highest BCUT2D eigenvalue weighted by Crippen LogP contribution is 2.43. The number of benzene rings is 2. The fraction of sp³-hybridized carbons (Fsp3) is 0.345. The van der Waals surface area contributed by atoms with Crippen molar-refractivity contribution in [2.45, 2.75) is 44.0 Å². The van der Waals surface area contributed by atoms with E-state index in [2.05, 4.69) is 15.3 Å². The number of nitrogens with zero attached hydrogens (tertiary/aromatic N) is 4. The molecule has 0 spiro atoms. The molecule has 0 fully saturated rings. The van der Waals surface area contributed by atoms with Crippen molar-refractivity contribution in [3.8, 4) is 40.0 Å². The van der Waals surface area contributed by atoms with Gasteiger partial charge in [0.2, 0.25) is 11.6 Å². The number of halogens is 3. The van der Waals surface area contributed by atoms with Gasteiger partial charge in [-0.1, -0.05) is 52.8 Å². The van der Waals surface area contributed by atoms with Gasteiger partial charge < -0.3 is 29.1 Å². The van der Waals surface area contributed by atoms with Crippen LogP contribution in [0.15, 0.2) is 57.6 Å². The lowest BCUT2D eigenvalue weighted by Crippen LogP contribution is -2.47. The molecular formula is C29H27F3N4O8. The number of ether oxygens (including phenoxy) is 1. The molecule has 0 saturated heterocycles. The van der Waals surface area contributed by atoms with Crippen molar-refractivity contribution < 1.29 is 51.9 Å². The molecule has 232 valence electrons. The Labute approximate surface area is 247 Å². The van der Waals surface area contributed by atoms with E-state index in [1.54, 1.807) is 30.3 Å². The normalized spacial score (nSPS) is 16.5. The summed E-state index contributed by atoms with van der Waals surface area (Å²) in [6, 6.07) is 11.8. The second kappa shape index (κ2) is 12.9. The van der Waals surface area contributed by atoms with E-state index in [1.165, 1.54) is 18.2 Å². The predicted molar refractivity (Wildman–Crippen MR) is 145 cm³/mol. The molecule has 3 heterocycles. The number of carboxylic acids is 2. The lowest BCUT2D eigenvalue weighted by molar-refractivity contribution is -0.138. The summed E-state index contributed by atoms with van der Waals surface area (Å²) < 4.78 is 58.3. The van der Waals surface area contributed by atoms with Crippen LogP contribution in [-0.2, 0) is 15.8 Å². The van der Waals surface area contributed by atoms with Gasteiger partial charge >= 0.3 is 18.1 Å². The minimum Gasteiger partial charge on any atom is -0.491 e. The van der Waals surface area contributed by atoms with E-state index in [0.29, 0.717) is 37.1 Å². The number of carboxylic acid groups (broad SMARTS) is 2. The standard InChI is InChI=1S/C29H27F3N4O8/c30-29(31,32)23-24(16-6-2-1-3-7-16)34-43-26(23)28-33-27(35-44-28)17-10-11-18-20(14-17)42-15-19(25(18)41)36(12-4-8-21(37)38)13-5-9-22(39)40/h1-3,6-7,10-11,14,19,25,41H,4-5,8-9,12-13,15H2,(H,37,38)(H,39,40)/t19-,25-/m1/s1. The number of carbonyl (C=O) groups is 2. The quantitative estimate of drug-likeness (QED) is 0.197. The number of aromatic nitrogens is 3. The van der Waals surface area contributed by atoms with Gasteiger partial charge in [0.25, 0.3) is 5.89 Å². The van der Waals surface area contributed by atoms with E-state index in [4.69, 9.17) is 24.0 Å². The highest BCUT2D eigenvalue weighted by atomic mass is 19.4. The molecule has 4 aromatic rings. The van der Waals surface area contributed by atoms with Crippen LogP contribution in [0.2, 0.25) is 0 Å². The zero-order chi connectivity index (χ0) is 31.4. The molecule has 44 heavy (non-hydrogen) atoms. The van der Waals surface area contributed by atoms with Gasteiger partial charge in [-0.3, -0.25) is 14.5 Å². The molecule has 2 atom stereocenters. The van der Waals surface area contributed by atoms with Gasteiger partial charge in [0.05, 0.1) is 6.04 Å². The molecule has 0 aliphatic carbocycles. The highest BCUT2D eigenvalue weighted by molar-refractivity contribution is 5.71. The number of hydrogen-bond acceptors (Lipinski definition) is 10. The lowest BCUT2D eigenvalue weighted by atomic mass is 9.96. The SMILES string of the molecule is O=C(O)CCCN(CCCC(=O)O)[C@@H]1COc2cc(-c3noc(-c4onc(-c5ccccc5)c4C(F)(F)F)n3)ccc2[C@H]1O. The van der Waals surface area contributed by atoms with Gasteiger partial charge in [-0.2, -0.15) is 18.2 Å². The van der Waals surface area contributed by atoms with Crippen molar-refractivity contribution in [2.24, 2.45) is 0 Å². The summed E-state index contributed by atoms with van der Waals surface area (Å²) in [6.45, 7) is 0.637. The zero-order valence-corrected chi connectivity index (χ0v) is 23.0. The average molecular weight is 617 g/mol. The molecule has 0 unspecified atom stereocenters. The van der Waals surface area contributed by atoms with Gasteiger partial charge in [-0.05, 0) is 32.0 Å². The van der Waals surface area contributed by atoms with Crippen LogP contribution in [-0.4, -0.2) is 73.2 Å². The second-order valence-corrected chi connectivity index (χ2v) is 10.1. The molecule has 15 heteroatoms. The number of aliphatic hydroxyl groups is 1. The summed E-state index contributed by atoms with van der Waals surface area (Å²) in [6.07, 6.45) is -5.47. The van der Waals surface area contributed by atoms with Crippen LogP contribution in [0.4, 0.5) is 13.2 Å². The molecule has 12 nitrogen and oxygen atoms in total. The fourth-order valence-electron chi connectivity index (χ4n) is 5.06. The number of aliphatic hydroxyl groups excluding tert-OH is 1. The van der Waals surface area contributed by atoms with Crippen molar-refractivity contribution in [1.29, 1.82) is 0 Å². The van der Waals surface area contributed by atoms with Crippen LogP contribution >= 0.6 is 0 Å². The van der Waals surface area contributed by atoms with Crippen molar-refractivity contribution in [1.82, 2.24) is 20.2 Å². The minimum atomic E-state index is -4.84. The third-order valence-electron chi connectivity index (χ3n) is 7.15. The van der Waals surface area contributed by atoms with Crippen LogP contribution < -0.4 is 4.74 Å². The first-order chi connectivity index (χ1) is 21.0. The Kier molecular flexibility index (Phi) is 8.96. The van der Waals surface area contributed by atoms with E-state index < -0.39 is 53.2 Å². The third kappa shape index (κ3) is 6.73. The number of fused-ring (bicyclic) bond motifs is 1. The van der Waals surface area contributed by atoms with Crippen LogP contribution in [0.5, 0.6) is 5.75 Å². The Morgan fingerprint density at radius 1 is 0.932 bits per heavy atom. The first kappa shape index (κ1) is 30.7. The number of alkyl halides is 3. The third-order valence-corrected chi connectivity index (χ3v) is 7.15. The largest absolute Gasteiger partial charge is 0.491 e. The number of rotatable bonds is 12. The van der Waals surface area contributed by atoms with Crippen molar-refractivity contribution in [2.75, 3.05) is 19.7 Å². The summed E-state index contributed by atoms with van der Waals surface area (Å²) in [4.78, 5) is 27.9. The maximum Gasteiger partial charge on any atom is 0.422 e. The predicted octanol–water partition coefficient (Wildman–Crippen LogP) is 4.90. The molecule has 0 bridgehead atoms. The van der Waals surface area contributed by atoms with Crippen LogP contribution in [0.3, 0.4) is 0 Å². The van der Waals surface area contributed by atoms with Crippen molar-refractivity contribution in [3.05, 3.63) is 59.7 Å². The molecule has 0 saturated carbocycles. The lowest BCUT2D eigenvalue weighted by Gasteiger charge is -2.38. The first-order valence-electron chi connectivity index (χ1n) is 13.6. The molecule has 2 aromatic heterocycles. The number of aliphatic carboxylic acids is 2. The molecule has 0 amide bonds. The van der Waals surface area contributed by atoms with Crippen molar-refractivity contribution >= 4 is 11.9 Å². The summed E-state index contributed by atoms with van der Waals surface area (Å²) in [5.74, 6) is -2.96. The molecule has 3 N–H and O–H groups in total. The van der Waals surface area contributed by atoms with Gasteiger partial charge in [0, 0.05) is 29.5 Å². The molecule has 2 aromatic carbocycles. The Hall–Kier alpha value is -4.76. The molecular weight excluding hydrogens is 589 g/mol. The van der Waals surface area contributed by atoms with Crippen LogP contribution in [0.25, 0.3) is 34.3 Å². The number of hydrogen-bond donors (Lipinski definition) is 3. The highest BCUT2D eigenvalue weighted by Gasteiger charge is 2.43. The zero-order valence-electron chi connectivity index (χ0n) is 23.0. The summed E-state index contributed by atoms with van der Waals surface area (Å²) >= 11 is 0. The van der Waals surface area contributed by atoms with E-state index in [0.717, 1.165) is 0 Å². The minimum absolute atomic E-state index is 0.0184. The van der Waals surface area contributed by atoms with E-state index in [9.17, 15) is 27.9 Å². The second-order valence-electron chi connectivity index (χ2n) is 10.1. The average Bonchev–Trinajstić information content (AvgIpc) is 3.65. The Bertz CT molecular complexity index is 1600. The Balaban J connectivity index is 1.37. The molecule has 5 rings (SSSR count). The smallest absolute Gasteiger partial charge is 0.422 e. The van der Waals surface area contributed by atoms with Crippen molar-refractivity contribution in [3.63, 3.8) is 0 Å². The first-order valence-corrected chi connectivity index (χ1v) is 13.6. The van der Waals surface area contributed by atoms with Crippen LogP contribution in [0.1, 0.15) is 42.9 Å². The maximum atomic E-state index is 14.1. The van der Waals surface area contributed by atoms with Gasteiger partial charge in [0.1, 0.15) is 29.7 Å². The molecule has 0 radical (unpaired) electrons. The summed E-state index contributed by atoms with van der Waals surface area (Å²) in [5.41, 5.74) is -0.630.